The van der Waals surface area contributed by atoms with E-state index in [9.17, 15) is 14.7 Å². The van der Waals surface area contributed by atoms with Gasteiger partial charge in [0.05, 0.1) is 7.11 Å². The second kappa shape index (κ2) is 4.45. The quantitative estimate of drug-likeness (QED) is 0.815. The Morgan fingerprint density at radius 3 is 2.67 bits per heavy atom. The average molecular weight is 312 g/mol. The number of hydrogen-bond donors (Lipinski definition) is 1. The van der Waals surface area contributed by atoms with Crippen LogP contribution < -0.4 is 5.56 Å². The summed E-state index contributed by atoms with van der Waals surface area (Å²) in [6.07, 6.45) is 0. The van der Waals surface area contributed by atoms with Gasteiger partial charge in [0.25, 0.3) is 5.56 Å². The molecule has 0 saturated carbocycles. The van der Waals surface area contributed by atoms with Gasteiger partial charge in [0.1, 0.15) is 5.56 Å². The fourth-order valence-corrected chi connectivity index (χ4v) is 2.14. The summed E-state index contributed by atoms with van der Waals surface area (Å²) in [5.74, 6) is -1.09. The molecule has 0 amide bonds. The third-order valence-corrected chi connectivity index (χ3v) is 3.21. The Labute approximate surface area is 111 Å². The van der Waals surface area contributed by atoms with Gasteiger partial charge in [-0.3, -0.25) is 9.36 Å². The van der Waals surface area contributed by atoms with E-state index in [1.54, 1.807) is 18.2 Å². The van der Waals surface area contributed by atoms with Crippen LogP contribution >= 0.6 is 15.9 Å². The summed E-state index contributed by atoms with van der Waals surface area (Å²) in [5, 5.41) is 10.6. The highest BCUT2D eigenvalue weighted by Crippen LogP contribution is 2.27. The van der Waals surface area contributed by atoms with Crippen molar-refractivity contribution in [2.45, 2.75) is 0 Å². The van der Waals surface area contributed by atoms with Crippen LogP contribution in [0, 0.1) is 0 Å². The molecule has 0 bridgehead atoms. The molecule has 1 N–H and O–H groups in total. The maximum atomic E-state index is 12.0. The lowest BCUT2D eigenvalue weighted by atomic mass is 10.1. The van der Waals surface area contributed by atoms with Crippen LogP contribution in [0.25, 0.3) is 10.8 Å². The van der Waals surface area contributed by atoms with Crippen LogP contribution in [0.2, 0.25) is 0 Å². The molecule has 2 aromatic rings. The minimum absolute atomic E-state index is 0.0177. The summed E-state index contributed by atoms with van der Waals surface area (Å²) in [7, 11) is 2.61. The van der Waals surface area contributed by atoms with E-state index in [1.165, 1.54) is 14.2 Å². The van der Waals surface area contributed by atoms with Gasteiger partial charge in [-0.05, 0) is 18.2 Å². The molecule has 0 fully saturated rings. The van der Waals surface area contributed by atoms with Crippen molar-refractivity contribution in [3.8, 4) is 5.88 Å². The highest BCUT2D eigenvalue weighted by Gasteiger charge is 2.20. The van der Waals surface area contributed by atoms with E-state index in [1.807, 2.05) is 0 Å². The number of aromatic hydroxyl groups is 1. The molecule has 0 radical (unpaired) electrons. The summed E-state index contributed by atoms with van der Waals surface area (Å²) in [6, 6.07) is 4.89. The van der Waals surface area contributed by atoms with Crippen molar-refractivity contribution < 1.29 is 14.6 Å². The zero-order valence-corrected chi connectivity index (χ0v) is 11.3. The molecule has 0 aliphatic heterocycles. The molecule has 0 spiro atoms. The molecule has 18 heavy (non-hydrogen) atoms. The fraction of sp³-hybridized carbons (Fsp3) is 0.167. The lowest BCUT2D eigenvalue weighted by molar-refractivity contribution is 0.0598. The molecule has 0 atom stereocenters. The van der Waals surface area contributed by atoms with Gasteiger partial charge in [-0.2, -0.15) is 0 Å². The second-order valence-corrected chi connectivity index (χ2v) is 4.66. The third kappa shape index (κ3) is 1.78. The predicted octanol–water partition coefficient (Wildman–Crippen LogP) is 1.79. The minimum atomic E-state index is -0.689. The van der Waals surface area contributed by atoms with Crippen LogP contribution in [0.1, 0.15) is 10.4 Å². The maximum absolute atomic E-state index is 12.0. The number of aromatic nitrogens is 1. The van der Waals surface area contributed by atoms with Crippen LogP contribution in [-0.4, -0.2) is 22.8 Å². The molecule has 94 valence electrons. The van der Waals surface area contributed by atoms with Crippen molar-refractivity contribution in [2.75, 3.05) is 7.11 Å². The van der Waals surface area contributed by atoms with Crippen LogP contribution in [0.4, 0.5) is 0 Å². The van der Waals surface area contributed by atoms with Crippen molar-refractivity contribution in [1.82, 2.24) is 4.57 Å². The molecule has 0 saturated heterocycles. The third-order valence-electron chi connectivity index (χ3n) is 2.72. The molecule has 1 heterocycles. The molecule has 0 unspecified atom stereocenters. The van der Waals surface area contributed by atoms with Crippen LogP contribution in [-0.2, 0) is 11.8 Å². The summed E-state index contributed by atoms with van der Waals surface area (Å²) in [6.45, 7) is 0. The first-order chi connectivity index (χ1) is 8.47. The Balaban J connectivity index is 3.03. The SMILES string of the molecule is COC(=O)c1c(O)n(C)c(=O)c2ccc(Br)cc12. The lowest BCUT2D eigenvalue weighted by Gasteiger charge is -2.11. The number of carbonyl (C=O) groups is 1. The Kier molecular flexibility index (Phi) is 3.13. The Morgan fingerprint density at radius 2 is 2.06 bits per heavy atom. The predicted molar refractivity (Wildman–Crippen MR) is 69.9 cm³/mol. The standard InChI is InChI=1S/C12H10BrNO4/c1-14-10(15)7-4-3-6(13)5-8(7)9(11(14)16)12(17)18-2/h3-5,16H,1-2H3. The molecule has 2 rings (SSSR count). The number of pyridine rings is 1. The molecule has 5 nitrogen and oxygen atoms in total. The molecular weight excluding hydrogens is 302 g/mol. The van der Waals surface area contributed by atoms with Gasteiger partial charge in [-0.25, -0.2) is 4.79 Å². The molecule has 1 aromatic carbocycles. The second-order valence-electron chi connectivity index (χ2n) is 3.74. The van der Waals surface area contributed by atoms with Crippen molar-refractivity contribution in [2.24, 2.45) is 7.05 Å². The molecule has 0 aliphatic carbocycles. The van der Waals surface area contributed by atoms with Crippen LogP contribution in [0.3, 0.4) is 0 Å². The van der Waals surface area contributed by atoms with Crippen molar-refractivity contribution in [3.63, 3.8) is 0 Å². The zero-order chi connectivity index (χ0) is 13.4. The smallest absolute Gasteiger partial charge is 0.343 e. The van der Waals surface area contributed by atoms with Gasteiger partial charge in [0.2, 0.25) is 5.88 Å². The minimum Gasteiger partial charge on any atom is -0.494 e. The highest BCUT2D eigenvalue weighted by molar-refractivity contribution is 9.10. The topological polar surface area (TPSA) is 68.5 Å². The van der Waals surface area contributed by atoms with Gasteiger partial charge in [-0.15, -0.1) is 0 Å². The number of ether oxygens (including phenoxy) is 1. The maximum Gasteiger partial charge on any atom is 0.343 e. The number of benzene rings is 1. The normalized spacial score (nSPS) is 10.6. The van der Waals surface area contributed by atoms with Gasteiger partial charge >= 0.3 is 5.97 Å². The number of rotatable bonds is 1. The van der Waals surface area contributed by atoms with E-state index in [4.69, 9.17) is 0 Å². The number of nitrogens with zero attached hydrogens (tertiary/aromatic N) is 1. The van der Waals surface area contributed by atoms with Gasteiger partial charge < -0.3 is 9.84 Å². The van der Waals surface area contributed by atoms with Gasteiger partial charge in [0, 0.05) is 22.3 Å². The first kappa shape index (κ1) is 12.6. The van der Waals surface area contributed by atoms with Crippen LogP contribution in [0.15, 0.2) is 27.5 Å². The van der Waals surface area contributed by atoms with Crippen molar-refractivity contribution >= 4 is 32.7 Å². The fourth-order valence-electron chi connectivity index (χ4n) is 1.78. The van der Waals surface area contributed by atoms with Crippen LogP contribution in [0.5, 0.6) is 5.88 Å². The Bertz CT molecular complexity index is 705. The zero-order valence-electron chi connectivity index (χ0n) is 9.73. The summed E-state index contributed by atoms with van der Waals surface area (Å²) in [4.78, 5) is 23.7. The van der Waals surface area contributed by atoms with E-state index in [0.29, 0.717) is 15.2 Å². The summed E-state index contributed by atoms with van der Waals surface area (Å²) in [5.41, 5.74) is -0.390. The Morgan fingerprint density at radius 1 is 1.39 bits per heavy atom. The number of esters is 1. The first-order valence-corrected chi connectivity index (χ1v) is 5.86. The van der Waals surface area contributed by atoms with E-state index in [0.717, 1.165) is 4.57 Å². The molecule has 1 aromatic heterocycles. The monoisotopic (exact) mass is 311 g/mol. The molecule has 0 aliphatic rings. The average Bonchev–Trinajstić information content (AvgIpc) is 2.35. The molecule has 6 heteroatoms. The van der Waals surface area contributed by atoms with E-state index in [-0.39, 0.29) is 11.1 Å². The summed E-state index contributed by atoms with van der Waals surface area (Å²) >= 11 is 3.26. The summed E-state index contributed by atoms with van der Waals surface area (Å²) < 4.78 is 6.35. The van der Waals surface area contributed by atoms with Crippen molar-refractivity contribution in [3.05, 3.63) is 38.6 Å². The van der Waals surface area contributed by atoms with E-state index < -0.39 is 11.8 Å². The number of methoxy groups -OCH3 is 1. The van der Waals surface area contributed by atoms with Gasteiger partial charge in [-0.1, -0.05) is 15.9 Å². The number of carbonyl (C=O) groups excluding carboxylic acids is 1. The lowest BCUT2D eigenvalue weighted by Crippen LogP contribution is -2.20. The molecular formula is C12H10BrNO4. The number of fused-ring (bicyclic) bond motifs is 1. The van der Waals surface area contributed by atoms with E-state index in [2.05, 4.69) is 20.7 Å². The van der Waals surface area contributed by atoms with Gasteiger partial charge in [0.15, 0.2) is 0 Å². The largest absolute Gasteiger partial charge is 0.494 e. The van der Waals surface area contributed by atoms with E-state index >= 15 is 0 Å². The highest BCUT2D eigenvalue weighted by atomic mass is 79.9. The van der Waals surface area contributed by atoms with Crippen molar-refractivity contribution in [1.29, 1.82) is 0 Å². The number of halogens is 1. The Hall–Kier alpha value is -1.82. The number of hydrogen-bond acceptors (Lipinski definition) is 4. The first-order valence-electron chi connectivity index (χ1n) is 5.07.